The fraction of sp³-hybridized carbons (Fsp3) is 0.0833. The third kappa shape index (κ3) is 3.37. The van der Waals surface area contributed by atoms with Gasteiger partial charge in [-0.1, -0.05) is 47.1 Å². The predicted octanol–water partition coefficient (Wildman–Crippen LogP) is 6.47. The standard InChI is InChI=1S/C24H17BrN4O2/c1-2-15-9-10-22-20(11-15)24-21(14-26-22)23(16-5-3-6-17(25)12-16)27-28(24)18-7-4-8-19(13-18)29(30)31/h3-14H,2H2,1H3. The molecule has 3 aromatic carbocycles. The summed E-state index contributed by atoms with van der Waals surface area (Å²) in [5.74, 6) is 0. The largest absolute Gasteiger partial charge is 0.271 e. The number of halogens is 1. The van der Waals surface area contributed by atoms with Gasteiger partial charge in [-0.3, -0.25) is 15.1 Å². The van der Waals surface area contributed by atoms with E-state index in [1.165, 1.54) is 11.6 Å². The van der Waals surface area contributed by atoms with Gasteiger partial charge in [-0.25, -0.2) is 4.68 Å². The van der Waals surface area contributed by atoms with E-state index in [-0.39, 0.29) is 10.6 Å². The number of aromatic nitrogens is 3. The number of aryl methyl sites for hydroxylation is 1. The molecule has 0 spiro atoms. The molecule has 0 amide bonds. The SMILES string of the molecule is CCc1ccc2ncc3c(-c4cccc(Br)c4)nn(-c4cccc([N+](=O)[O-])c4)c3c2c1. The van der Waals surface area contributed by atoms with Crippen molar-refractivity contribution < 1.29 is 4.92 Å². The topological polar surface area (TPSA) is 73.8 Å². The van der Waals surface area contributed by atoms with Crippen LogP contribution in [-0.2, 0) is 6.42 Å². The molecular weight excluding hydrogens is 456 g/mol. The molecule has 0 N–H and O–H groups in total. The molecule has 5 rings (SSSR count). The fourth-order valence-corrected chi connectivity index (χ4v) is 4.22. The molecule has 0 saturated carbocycles. The van der Waals surface area contributed by atoms with Crippen LogP contribution < -0.4 is 0 Å². The summed E-state index contributed by atoms with van der Waals surface area (Å²) in [6.45, 7) is 2.11. The highest BCUT2D eigenvalue weighted by Gasteiger charge is 2.19. The molecule has 6 nitrogen and oxygen atoms in total. The average Bonchev–Trinajstić information content (AvgIpc) is 3.19. The number of hydrogen-bond acceptors (Lipinski definition) is 4. The lowest BCUT2D eigenvalue weighted by Gasteiger charge is -2.07. The first-order valence-electron chi connectivity index (χ1n) is 9.86. The molecule has 0 aliphatic heterocycles. The Labute approximate surface area is 186 Å². The smallest absolute Gasteiger partial charge is 0.258 e. The molecule has 2 aromatic heterocycles. The molecule has 0 aliphatic rings. The number of rotatable bonds is 4. The van der Waals surface area contributed by atoms with Gasteiger partial charge in [0.25, 0.3) is 5.69 Å². The van der Waals surface area contributed by atoms with Crippen molar-refractivity contribution in [3.63, 3.8) is 0 Å². The number of nitro groups is 1. The van der Waals surface area contributed by atoms with E-state index >= 15 is 0 Å². The van der Waals surface area contributed by atoms with E-state index in [4.69, 9.17) is 5.10 Å². The van der Waals surface area contributed by atoms with E-state index in [0.29, 0.717) is 5.69 Å². The van der Waals surface area contributed by atoms with Gasteiger partial charge in [-0.2, -0.15) is 5.10 Å². The molecular formula is C24H17BrN4O2. The Kier molecular flexibility index (Phi) is 4.75. The third-order valence-corrected chi connectivity index (χ3v) is 5.86. The van der Waals surface area contributed by atoms with E-state index < -0.39 is 0 Å². The second-order valence-corrected chi connectivity index (χ2v) is 8.19. The van der Waals surface area contributed by atoms with Crippen LogP contribution in [0.2, 0.25) is 0 Å². The van der Waals surface area contributed by atoms with E-state index in [1.807, 2.05) is 42.6 Å². The first kappa shape index (κ1) is 19.4. The van der Waals surface area contributed by atoms with Gasteiger partial charge < -0.3 is 0 Å². The highest BCUT2D eigenvalue weighted by atomic mass is 79.9. The first-order chi connectivity index (χ1) is 15.0. The van der Waals surface area contributed by atoms with E-state index in [9.17, 15) is 10.1 Å². The van der Waals surface area contributed by atoms with Gasteiger partial charge >= 0.3 is 0 Å². The van der Waals surface area contributed by atoms with E-state index in [1.54, 1.807) is 16.8 Å². The number of nitrogens with zero attached hydrogens (tertiary/aromatic N) is 4. The fourth-order valence-electron chi connectivity index (χ4n) is 3.83. The van der Waals surface area contributed by atoms with Crippen LogP contribution >= 0.6 is 15.9 Å². The summed E-state index contributed by atoms with van der Waals surface area (Å²) in [7, 11) is 0. The summed E-state index contributed by atoms with van der Waals surface area (Å²) in [6.07, 6.45) is 2.73. The van der Waals surface area contributed by atoms with Crippen molar-refractivity contribution in [1.29, 1.82) is 0 Å². The number of benzene rings is 3. The number of pyridine rings is 1. The Hall–Kier alpha value is -3.58. The molecule has 0 aliphatic carbocycles. The molecule has 5 aromatic rings. The third-order valence-electron chi connectivity index (χ3n) is 5.36. The summed E-state index contributed by atoms with van der Waals surface area (Å²) >= 11 is 3.53. The van der Waals surface area contributed by atoms with Gasteiger partial charge in [0.2, 0.25) is 0 Å². The molecule has 0 atom stereocenters. The lowest BCUT2D eigenvalue weighted by atomic mass is 10.0. The molecule has 0 bridgehead atoms. The molecule has 0 radical (unpaired) electrons. The van der Waals surface area contributed by atoms with Gasteiger partial charge in [0.15, 0.2) is 0 Å². The first-order valence-corrected chi connectivity index (χ1v) is 10.7. The lowest BCUT2D eigenvalue weighted by Crippen LogP contribution is -1.99. The van der Waals surface area contributed by atoms with Crippen LogP contribution in [0.25, 0.3) is 38.8 Å². The van der Waals surface area contributed by atoms with Crippen molar-refractivity contribution in [3.8, 4) is 16.9 Å². The van der Waals surface area contributed by atoms with E-state index in [2.05, 4.69) is 40.0 Å². The van der Waals surface area contributed by atoms with Crippen LogP contribution in [0.15, 0.2) is 77.4 Å². The summed E-state index contributed by atoms with van der Waals surface area (Å²) in [5, 5.41) is 18.1. The maximum atomic E-state index is 11.4. The van der Waals surface area contributed by atoms with Crippen LogP contribution in [0, 0.1) is 10.1 Å². The molecule has 0 unspecified atom stereocenters. The second-order valence-electron chi connectivity index (χ2n) is 7.27. The van der Waals surface area contributed by atoms with Crippen molar-refractivity contribution in [2.75, 3.05) is 0 Å². The Morgan fingerprint density at radius 2 is 1.87 bits per heavy atom. The summed E-state index contributed by atoms with van der Waals surface area (Å²) in [6, 6.07) is 20.7. The van der Waals surface area contributed by atoms with Crippen LogP contribution in [0.1, 0.15) is 12.5 Å². The van der Waals surface area contributed by atoms with Crippen molar-refractivity contribution >= 4 is 43.4 Å². The van der Waals surface area contributed by atoms with Crippen LogP contribution in [0.3, 0.4) is 0 Å². The van der Waals surface area contributed by atoms with Crippen LogP contribution in [0.4, 0.5) is 5.69 Å². The zero-order chi connectivity index (χ0) is 21.5. The number of nitro benzene ring substituents is 1. The Bertz CT molecular complexity index is 1480. The summed E-state index contributed by atoms with van der Waals surface area (Å²) in [4.78, 5) is 15.7. The minimum Gasteiger partial charge on any atom is -0.258 e. The quantitative estimate of drug-likeness (QED) is 0.221. The Balaban J connectivity index is 1.90. The number of hydrogen-bond donors (Lipinski definition) is 0. The highest BCUT2D eigenvalue weighted by molar-refractivity contribution is 9.10. The maximum Gasteiger partial charge on any atom is 0.271 e. The normalized spacial score (nSPS) is 11.3. The molecule has 152 valence electrons. The summed E-state index contributed by atoms with van der Waals surface area (Å²) in [5.41, 5.74) is 5.31. The van der Waals surface area contributed by atoms with Crippen molar-refractivity contribution in [1.82, 2.24) is 14.8 Å². The van der Waals surface area contributed by atoms with Crippen LogP contribution in [0.5, 0.6) is 0 Å². The molecule has 0 saturated heterocycles. The highest BCUT2D eigenvalue weighted by Crippen LogP contribution is 2.35. The summed E-state index contributed by atoms with van der Waals surface area (Å²) < 4.78 is 2.74. The molecule has 0 fully saturated rings. The lowest BCUT2D eigenvalue weighted by molar-refractivity contribution is -0.384. The molecule has 2 heterocycles. The second kappa shape index (κ2) is 7.59. The number of fused-ring (bicyclic) bond motifs is 3. The predicted molar refractivity (Wildman–Crippen MR) is 126 cm³/mol. The van der Waals surface area contributed by atoms with Gasteiger partial charge in [0, 0.05) is 39.1 Å². The van der Waals surface area contributed by atoms with Gasteiger partial charge in [-0.15, -0.1) is 0 Å². The van der Waals surface area contributed by atoms with Crippen molar-refractivity contribution in [2.24, 2.45) is 0 Å². The zero-order valence-electron chi connectivity index (χ0n) is 16.6. The minimum absolute atomic E-state index is 0.0257. The van der Waals surface area contributed by atoms with Gasteiger partial charge in [-0.05, 0) is 42.3 Å². The monoisotopic (exact) mass is 472 g/mol. The van der Waals surface area contributed by atoms with Gasteiger partial charge in [0.05, 0.1) is 21.6 Å². The maximum absolute atomic E-state index is 11.4. The number of non-ortho nitro benzene ring substituents is 1. The van der Waals surface area contributed by atoms with Crippen molar-refractivity contribution in [3.05, 3.63) is 93.1 Å². The average molecular weight is 473 g/mol. The van der Waals surface area contributed by atoms with E-state index in [0.717, 1.165) is 44.0 Å². The Morgan fingerprint density at radius 3 is 2.65 bits per heavy atom. The Morgan fingerprint density at radius 1 is 1.03 bits per heavy atom. The zero-order valence-corrected chi connectivity index (χ0v) is 18.2. The minimum atomic E-state index is -0.390. The van der Waals surface area contributed by atoms with Crippen LogP contribution in [-0.4, -0.2) is 19.7 Å². The molecule has 7 heteroatoms. The van der Waals surface area contributed by atoms with Crippen molar-refractivity contribution in [2.45, 2.75) is 13.3 Å². The molecule has 31 heavy (non-hydrogen) atoms. The van der Waals surface area contributed by atoms with Gasteiger partial charge in [0.1, 0.15) is 5.69 Å².